The lowest BCUT2D eigenvalue weighted by Crippen LogP contribution is -2.45. The van der Waals surface area contributed by atoms with E-state index in [0.29, 0.717) is 24.3 Å². The molecule has 2 aromatic heterocycles. The molecule has 0 aliphatic rings. The monoisotopic (exact) mass is 674 g/mol. The van der Waals surface area contributed by atoms with Crippen LogP contribution < -0.4 is 26.4 Å². The normalized spacial score (nSPS) is 12.8. The van der Waals surface area contributed by atoms with Gasteiger partial charge in [-0.05, 0) is 63.3 Å². The fourth-order valence-corrected chi connectivity index (χ4v) is 4.50. The number of aromatic nitrogens is 4. The molecule has 260 valence electrons. The second-order valence-electron chi connectivity index (χ2n) is 11.6. The lowest BCUT2D eigenvalue weighted by atomic mass is 10.1. The maximum absolute atomic E-state index is 13.7. The van der Waals surface area contributed by atoms with E-state index in [2.05, 4.69) is 42.5 Å². The highest BCUT2D eigenvalue weighted by atomic mass is 19.4. The summed E-state index contributed by atoms with van der Waals surface area (Å²) in [6, 6.07) is 5.00. The molecule has 0 spiro atoms. The molecule has 2 heterocycles. The molecule has 0 aliphatic carbocycles. The van der Waals surface area contributed by atoms with E-state index in [0.717, 1.165) is 31.9 Å². The molecule has 0 radical (unpaired) electrons. The Bertz CT molecular complexity index is 1630. The van der Waals surface area contributed by atoms with E-state index in [1.807, 2.05) is 6.92 Å². The van der Waals surface area contributed by atoms with Gasteiger partial charge in [0, 0.05) is 36.2 Å². The first kappa shape index (κ1) is 37.6. The number of carbonyl (C=O) groups excluding carboxylic acids is 3. The third-order valence-corrected chi connectivity index (χ3v) is 7.19. The molecule has 3 rings (SSSR count). The lowest BCUT2D eigenvalue weighted by molar-refractivity contribution is -0.203. The highest BCUT2D eigenvalue weighted by Gasteiger charge is 2.43. The first-order valence-corrected chi connectivity index (χ1v) is 15.6. The van der Waals surface area contributed by atoms with Gasteiger partial charge in [0.2, 0.25) is 24.0 Å². The molecular formula is C32H41F3N8O5. The van der Waals surface area contributed by atoms with Crippen molar-refractivity contribution in [2.45, 2.75) is 84.3 Å². The van der Waals surface area contributed by atoms with Gasteiger partial charge in [0.25, 0.3) is 11.5 Å². The zero-order valence-electron chi connectivity index (χ0n) is 27.1. The molecule has 0 saturated heterocycles. The molecule has 2 atom stereocenters. The largest absolute Gasteiger partial charge is 0.433 e. The maximum atomic E-state index is 13.7. The molecule has 5 N–H and O–H groups in total. The predicted octanol–water partition coefficient (Wildman–Crippen LogP) is 3.96. The molecule has 0 saturated carbocycles. The molecule has 3 amide bonds. The molecule has 48 heavy (non-hydrogen) atoms. The Labute approximate surface area is 275 Å². The summed E-state index contributed by atoms with van der Waals surface area (Å²) < 4.78 is 41.1. The van der Waals surface area contributed by atoms with Crippen LogP contribution in [0.1, 0.15) is 75.3 Å². The number of amides is 3. The lowest BCUT2D eigenvalue weighted by Gasteiger charge is -2.31. The van der Waals surface area contributed by atoms with Crippen LogP contribution in [0.15, 0.2) is 47.9 Å². The molecular weight excluding hydrogens is 633 g/mol. The first-order chi connectivity index (χ1) is 22.7. The predicted molar refractivity (Wildman–Crippen MR) is 174 cm³/mol. The minimum atomic E-state index is -5.05. The van der Waals surface area contributed by atoms with E-state index >= 15 is 0 Å². The molecule has 1 aromatic carbocycles. The van der Waals surface area contributed by atoms with Crippen LogP contribution in [0, 0.1) is 5.92 Å². The van der Waals surface area contributed by atoms with Crippen molar-refractivity contribution in [3.05, 3.63) is 64.7 Å². The SMILES string of the molecule is C=CCCCC(=O)NCCCC[C@@H](C)NC(=O)c1ccc(N(Cc2cnc3nc(NC(=O)C(C)C)[nH]c(=O)c3n2)C(O)C(F)(F)F)cc1. The Hall–Kier alpha value is -4.86. The van der Waals surface area contributed by atoms with Crippen molar-refractivity contribution in [3.63, 3.8) is 0 Å². The van der Waals surface area contributed by atoms with Crippen LogP contribution >= 0.6 is 0 Å². The number of H-pyrrole nitrogens is 1. The maximum Gasteiger partial charge on any atom is 0.433 e. The summed E-state index contributed by atoms with van der Waals surface area (Å²) in [6.07, 6.45) is -0.981. The van der Waals surface area contributed by atoms with Gasteiger partial charge in [-0.25, -0.2) is 9.97 Å². The first-order valence-electron chi connectivity index (χ1n) is 15.6. The van der Waals surface area contributed by atoms with E-state index < -0.39 is 42.2 Å². The highest BCUT2D eigenvalue weighted by molar-refractivity contribution is 5.94. The summed E-state index contributed by atoms with van der Waals surface area (Å²) in [6.45, 7) is 8.68. The Morgan fingerprint density at radius 2 is 1.79 bits per heavy atom. The van der Waals surface area contributed by atoms with Crippen molar-refractivity contribution in [3.8, 4) is 0 Å². The average Bonchev–Trinajstić information content (AvgIpc) is 3.03. The van der Waals surface area contributed by atoms with E-state index in [1.165, 1.54) is 24.3 Å². The number of aliphatic hydroxyl groups excluding tert-OH is 1. The third kappa shape index (κ3) is 11.1. The fraction of sp³-hybridized carbons (Fsp3) is 0.469. The number of allylic oxidation sites excluding steroid dienone is 1. The van der Waals surface area contributed by atoms with Gasteiger partial charge in [0.15, 0.2) is 11.2 Å². The van der Waals surface area contributed by atoms with Crippen LogP contribution in [0.2, 0.25) is 0 Å². The average molecular weight is 675 g/mol. The van der Waals surface area contributed by atoms with Gasteiger partial charge < -0.3 is 20.6 Å². The third-order valence-electron chi connectivity index (χ3n) is 7.19. The van der Waals surface area contributed by atoms with E-state index in [-0.39, 0.29) is 46.0 Å². The number of aromatic amines is 1. The zero-order valence-corrected chi connectivity index (χ0v) is 27.1. The standard InChI is InChI=1S/C32H41F3N8O5/c1-5-6-7-11-24(44)36-16-9-8-10-20(4)38-28(46)21-12-14-23(15-13-21)43(30(48)32(33,34)35)18-22-17-37-26-25(39-22)29(47)42-31(40-26)41-27(45)19(2)3/h5,12-15,17,19-20,30,48H,1,6-11,16,18H2,2-4H3,(H,36,44)(H,38,46)(H2,37,40,41,42,45,47)/t20-,30?/m1/s1. The highest BCUT2D eigenvalue weighted by Crippen LogP contribution is 2.29. The molecule has 0 fully saturated rings. The number of aliphatic hydroxyl groups is 1. The zero-order chi connectivity index (χ0) is 35.4. The summed E-state index contributed by atoms with van der Waals surface area (Å²) in [5.74, 6) is -1.39. The van der Waals surface area contributed by atoms with Crippen molar-refractivity contribution in [2.75, 3.05) is 16.8 Å². The van der Waals surface area contributed by atoms with Crippen LogP contribution in [0.25, 0.3) is 11.2 Å². The number of alkyl halides is 3. The molecule has 0 aliphatic heterocycles. The Balaban J connectivity index is 1.65. The van der Waals surface area contributed by atoms with Crippen LogP contribution in [0.3, 0.4) is 0 Å². The smallest absolute Gasteiger partial charge is 0.366 e. The van der Waals surface area contributed by atoms with E-state index in [4.69, 9.17) is 0 Å². The Morgan fingerprint density at radius 3 is 2.44 bits per heavy atom. The summed E-state index contributed by atoms with van der Waals surface area (Å²) in [7, 11) is 0. The Morgan fingerprint density at radius 1 is 1.08 bits per heavy atom. The van der Waals surface area contributed by atoms with Gasteiger partial charge in [-0.2, -0.15) is 18.2 Å². The number of hydrogen-bond donors (Lipinski definition) is 5. The summed E-state index contributed by atoms with van der Waals surface area (Å²) >= 11 is 0. The Kier molecular flexibility index (Phi) is 13.6. The number of unbranched alkanes of at least 4 members (excludes halogenated alkanes) is 2. The van der Waals surface area contributed by atoms with Gasteiger partial charge in [-0.3, -0.25) is 29.5 Å². The van der Waals surface area contributed by atoms with Gasteiger partial charge in [0.05, 0.1) is 18.4 Å². The van der Waals surface area contributed by atoms with E-state index in [9.17, 15) is 37.5 Å². The second-order valence-corrected chi connectivity index (χ2v) is 11.6. The number of nitrogens with zero attached hydrogens (tertiary/aromatic N) is 4. The van der Waals surface area contributed by atoms with Crippen molar-refractivity contribution in [1.82, 2.24) is 30.6 Å². The molecule has 0 bridgehead atoms. The van der Waals surface area contributed by atoms with Gasteiger partial charge in [-0.1, -0.05) is 19.9 Å². The summed E-state index contributed by atoms with van der Waals surface area (Å²) in [4.78, 5) is 64.3. The topological polar surface area (TPSA) is 182 Å². The van der Waals surface area contributed by atoms with E-state index in [1.54, 1.807) is 19.9 Å². The number of hydrogen-bond acceptors (Lipinski definition) is 9. The van der Waals surface area contributed by atoms with Crippen LogP contribution in [-0.2, 0) is 16.1 Å². The van der Waals surface area contributed by atoms with Crippen molar-refractivity contribution in [1.29, 1.82) is 0 Å². The van der Waals surface area contributed by atoms with Gasteiger partial charge >= 0.3 is 6.18 Å². The van der Waals surface area contributed by atoms with Crippen molar-refractivity contribution < 1.29 is 32.7 Å². The molecule has 1 unspecified atom stereocenters. The van der Waals surface area contributed by atoms with Gasteiger partial charge in [0.1, 0.15) is 0 Å². The molecule has 16 heteroatoms. The quantitative estimate of drug-likeness (QED) is 0.0804. The minimum absolute atomic E-state index is 0.0101. The minimum Gasteiger partial charge on any atom is -0.366 e. The number of halogens is 3. The summed E-state index contributed by atoms with van der Waals surface area (Å²) in [5, 5.41) is 18.4. The number of rotatable bonds is 17. The van der Waals surface area contributed by atoms with Gasteiger partial charge in [-0.15, -0.1) is 6.58 Å². The van der Waals surface area contributed by atoms with Crippen molar-refractivity contribution >= 4 is 40.5 Å². The van der Waals surface area contributed by atoms with Crippen molar-refractivity contribution in [2.24, 2.45) is 5.92 Å². The summed E-state index contributed by atoms with van der Waals surface area (Å²) in [5.41, 5.74) is -1.15. The number of benzene rings is 1. The van der Waals surface area contributed by atoms with Crippen LogP contribution in [-0.4, -0.2) is 67.8 Å². The number of nitrogens with one attached hydrogen (secondary N) is 4. The number of carbonyl (C=O) groups is 3. The second kappa shape index (κ2) is 17.3. The van der Waals surface area contributed by atoms with Crippen LogP contribution in [0.4, 0.5) is 24.8 Å². The van der Waals surface area contributed by atoms with Crippen LogP contribution in [0.5, 0.6) is 0 Å². The number of fused-ring (bicyclic) bond motifs is 1. The number of anilines is 2. The fourth-order valence-electron chi connectivity index (χ4n) is 4.50. The molecule has 3 aromatic rings. The molecule has 13 nitrogen and oxygen atoms in total.